The molecule has 11 heteroatoms. The monoisotopic (exact) mass is 538 g/mol. The summed E-state index contributed by atoms with van der Waals surface area (Å²) in [6.07, 6.45) is 19.1. The molecule has 0 aliphatic carbocycles. The number of hydrogen-bond acceptors (Lipinski definition) is 6. The summed E-state index contributed by atoms with van der Waals surface area (Å²) in [4.78, 5) is 23.4. The van der Waals surface area contributed by atoms with Crippen LogP contribution in [-0.4, -0.2) is 63.8 Å². The largest absolute Gasteiger partial charge is 0.481 e. The first-order valence-corrected chi connectivity index (χ1v) is 13.2. The maximum Gasteiger partial charge on any atom is 0.318 e. The van der Waals surface area contributed by atoms with Crippen molar-refractivity contribution in [2.45, 2.75) is 96.5 Å². The van der Waals surface area contributed by atoms with Crippen LogP contribution in [0.15, 0.2) is 17.1 Å². The van der Waals surface area contributed by atoms with Crippen molar-refractivity contribution >= 4 is 47.2 Å². The Hall–Kier alpha value is -1.91. The number of rotatable bonds is 16. The van der Waals surface area contributed by atoms with Gasteiger partial charge in [-0.1, -0.05) is 64.0 Å². The molecule has 0 fully saturated rings. The van der Waals surface area contributed by atoms with Crippen LogP contribution in [0.4, 0.5) is 0 Å². The molecule has 0 radical (unpaired) electrons. The first-order chi connectivity index (χ1) is 16.7. The molecule has 0 saturated carbocycles. The van der Waals surface area contributed by atoms with E-state index in [1.54, 1.807) is 6.34 Å². The summed E-state index contributed by atoms with van der Waals surface area (Å²) in [5, 5.41) is 28.8. The second-order valence-electron chi connectivity index (χ2n) is 7.83. The number of allylic oxidation sites excluding steroid dienone is 1. The van der Waals surface area contributed by atoms with E-state index in [1.165, 1.54) is 25.7 Å². The lowest BCUT2D eigenvalue weighted by Crippen LogP contribution is -2.18. The predicted molar refractivity (Wildman–Crippen MR) is 149 cm³/mol. The van der Waals surface area contributed by atoms with Crippen LogP contribution < -0.4 is 16.8 Å². The molecule has 1 aliphatic heterocycles. The third-order valence-corrected chi connectivity index (χ3v) is 4.64. The molecule has 0 spiro atoms. The van der Waals surface area contributed by atoms with Crippen molar-refractivity contribution in [2.75, 3.05) is 19.0 Å². The Morgan fingerprint density at radius 3 is 2.09 bits per heavy atom. The molecule has 0 bridgehead atoms. The lowest BCUT2D eigenvalue weighted by atomic mass is 10.1. The molecule has 1 unspecified atom stereocenters. The fourth-order valence-corrected chi connectivity index (χ4v) is 2.69. The van der Waals surface area contributed by atoms with Gasteiger partial charge in [0, 0.05) is 13.0 Å². The SMILES string of the molecule is C1=NCCN1.CCCCCCC(O)C/C=C\CCCCCCCC(=O)O.NC(N)=S.O=C(O)CCl. The summed E-state index contributed by atoms with van der Waals surface area (Å²) in [6, 6.07) is 0. The topological polar surface area (TPSA) is 171 Å². The minimum Gasteiger partial charge on any atom is -0.481 e. The van der Waals surface area contributed by atoms with Crippen LogP contribution in [0.1, 0.15) is 90.4 Å². The number of alkyl halides is 1. The number of thiocarbonyl (C=S) groups is 1. The Kier molecular flexibility index (Phi) is 34.5. The number of aliphatic carboxylic acids is 2. The molecule has 1 aliphatic rings. The van der Waals surface area contributed by atoms with Gasteiger partial charge in [-0.05, 0) is 44.3 Å². The van der Waals surface area contributed by atoms with Crippen molar-refractivity contribution in [3.8, 4) is 0 Å². The second-order valence-corrected chi connectivity index (χ2v) is 8.57. The van der Waals surface area contributed by atoms with Crippen LogP contribution in [0.2, 0.25) is 0 Å². The highest BCUT2D eigenvalue weighted by Gasteiger charge is 2.00. The van der Waals surface area contributed by atoms with Crippen LogP contribution in [0, 0.1) is 0 Å². The number of carbonyl (C=O) groups is 2. The number of aliphatic hydroxyl groups excluding tert-OH is 1. The van der Waals surface area contributed by atoms with E-state index in [-0.39, 0.29) is 17.1 Å². The second kappa shape index (κ2) is 32.1. The summed E-state index contributed by atoms with van der Waals surface area (Å²) < 4.78 is 0. The average molecular weight is 539 g/mol. The lowest BCUT2D eigenvalue weighted by Gasteiger charge is -2.07. The lowest BCUT2D eigenvalue weighted by molar-refractivity contribution is -0.137. The smallest absolute Gasteiger partial charge is 0.318 e. The van der Waals surface area contributed by atoms with Crippen molar-refractivity contribution in [2.24, 2.45) is 16.5 Å². The molecule has 9 nitrogen and oxygen atoms in total. The number of nitrogens with two attached hydrogens (primary N) is 2. The third kappa shape index (κ3) is 50.1. The van der Waals surface area contributed by atoms with E-state index in [9.17, 15) is 14.7 Å². The van der Waals surface area contributed by atoms with Crippen molar-refractivity contribution in [1.29, 1.82) is 0 Å². The van der Waals surface area contributed by atoms with Gasteiger partial charge in [0.1, 0.15) is 5.88 Å². The van der Waals surface area contributed by atoms with Gasteiger partial charge in [0.15, 0.2) is 5.11 Å². The molecule has 35 heavy (non-hydrogen) atoms. The van der Waals surface area contributed by atoms with Crippen molar-refractivity contribution in [3.05, 3.63) is 12.2 Å². The van der Waals surface area contributed by atoms with Gasteiger partial charge in [0.2, 0.25) is 0 Å². The van der Waals surface area contributed by atoms with Crippen molar-refractivity contribution in [3.63, 3.8) is 0 Å². The first kappa shape index (κ1) is 37.6. The summed E-state index contributed by atoms with van der Waals surface area (Å²) in [7, 11) is 0. The predicted octanol–water partition coefficient (Wildman–Crippen LogP) is 4.20. The highest BCUT2D eigenvalue weighted by Crippen LogP contribution is 2.10. The van der Waals surface area contributed by atoms with Crippen LogP contribution in [0.5, 0.6) is 0 Å². The molecule has 1 atom stereocenters. The van der Waals surface area contributed by atoms with Gasteiger partial charge in [0.05, 0.1) is 19.0 Å². The van der Waals surface area contributed by atoms with Crippen LogP contribution in [-0.2, 0) is 9.59 Å². The zero-order chi connectivity index (χ0) is 27.2. The Morgan fingerprint density at radius 2 is 1.63 bits per heavy atom. The number of aliphatic imine (C=N–C) groups is 1. The molecular formula is C24H47ClN4O5S. The Morgan fingerprint density at radius 1 is 1.06 bits per heavy atom. The van der Waals surface area contributed by atoms with E-state index in [2.05, 4.69) is 53.1 Å². The van der Waals surface area contributed by atoms with Gasteiger partial charge in [-0.3, -0.25) is 14.6 Å². The standard InChI is InChI=1S/C18H34O3.C3H6N2.C2H3ClO2.CH4N2S/c1-2-3-4-11-14-17(19)15-12-9-7-5-6-8-10-13-16-18(20)21;1-2-5-3-4-1;3-1-2(4)5;2-1(3)4/h9,12,17,19H,2-8,10-11,13-16H2,1H3,(H,20,21);3H,1-2H2,(H,4,5);1H2,(H,4,5);(H4,2,3,4)/b12-9-;;;. The van der Waals surface area contributed by atoms with E-state index in [0.717, 1.165) is 64.5 Å². The fraction of sp³-hybridized carbons (Fsp3) is 0.750. The number of carboxylic acid groups (broad SMARTS) is 2. The Bertz CT molecular complexity index is 556. The zero-order valence-corrected chi connectivity index (χ0v) is 22.7. The number of carboxylic acids is 2. The van der Waals surface area contributed by atoms with E-state index < -0.39 is 11.9 Å². The maximum absolute atomic E-state index is 10.3. The molecule has 0 aromatic heterocycles. The first-order valence-electron chi connectivity index (χ1n) is 12.3. The number of hydrogen-bond donors (Lipinski definition) is 6. The molecule has 1 heterocycles. The molecule has 0 aromatic rings. The van der Waals surface area contributed by atoms with Gasteiger partial charge in [-0.25, -0.2) is 0 Å². The minimum atomic E-state index is -0.980. The van der Waals surface area contributed by atoms with E-state index >= 15 is 0 Å². The number of halogens is 1. The molecule has 0 saturated heterocycles. The van der Waals surface area contributed by atoms with Gasteiger partial charge >= 0.3 is 11.9 Å². The van der Waals surface area contributed by atoms with Gasteiger partial charge in [-0.15, -0.1) is 11.6 Å². The van der Waals surface area contributed by atoms with E-state index in [1.807, 2.05) is 0 Å². The number of nitrogens with zero attached hydrogens (tertiary/aromatic N) is 1. The molecule has 206 valence electrons. The molecule has 0 amide bonds. The summed E-state index contributed by atoms with van der Waals surface area (Å²) in [5.41, 5.74) is 9.24. The highest BCUT2D eigenvalue weighted by molar-refractivity contribution is 7.80. The third-order valence-electron chi connectivity index (χ3n) is 4.41. The summed E-state index contributed by atoms with van der Waals surface area (Å²) >= 11 is 8.83. The van der Waals surface area contributed by atoms with Gasteiger partial charge < -0.3 is 32.1 Å². The summed E-state index contributed by atoms with van der Waals surface area (Å²) in [5.74, 6) is -1.97. The minimum absolute atomic E-state index is 0.000000000000000222. The van der Waals surface area contributed by atoms with Gasteiger partial charge in [0.25, 0.3) is 0 Å². The van der Waals surface area contributed by atoms with Crippen LogP contribution >= 0.6 is 23.8 Å². The molecule has 8 N–H and O–H groups in total. The van der Waals surface area contributed by atoms with Crippen LogP contribution in [0.3, 0.4) is 0 Å². The summed E-state index contributed by atoms with van der Waals surface area (Å²) in [6.45, 7) is 4.19. The number of aliphatic hydroxyl groups is 1. The van der Waals surface area contributed by atoms with Gasteiger partial charge in [-0.2, -0.15) is 0 Å². The zero-order valence-electron chi connectivity index (χ0n) is 21.2. The Labute approximate surface area is 221 Å². The van der Waals surface area contributed by atoms with E-state index in [4.69, 9.17) is 21.8 Å². The number of nitrogens with one attached hydrogen (secondary N) is 1. The average Bonchev–Trinajstić information content (AvgIpc) is 3.38. The molecule has 1 rings (SSSR count). The number of unbranched alkanes of at least 4 members (excludes halogenated alkanes) is 8. The fourth-order valence-electron chi connectivity index (χ4n) is 2.69. The van der Waals surface area contributed by atoms with Crippen LogP contribution in [0.25, 0.3) is 0 Å². The molecule has 0 aromatic carbocycles. The Balaban J connectivity index is -0.000000584. The highest BCUT2D eigenvalue weighted by atomic mass is 35.5. The van der Waals surface area contributed by atoms with E-state index in [0.29, 0.717) is 6.42 Å². The van der Waals surface area contributed by atoms with Crippen molar-refractivity contribution in [1.82, 2.24) is 5.32 Å². The quantitative estimate of drug-likeness (QED) is 0.0728. The maximum atomic E-state index is 10.3. The normalized spacial score (nSPS) is 12.2. The molecular weight excluding hydrogens is 492 g/mol. The van der Waals surface area contributed by atoms with Crippen molar-refractivity contribution < 1.29 is 24.9 Å².